The average Bonchev–Trinajstić information content (AvgIpc) is 2.85. The van der Waals surface area contributed by atoms with E-state index in [-0.39, 0.29) is 11.9 Å². The Morgan fingerprint density at radius 1 is 1.24 bits per heavy atom. The Bertz CT molecular complexity index is 436. The van der Waals surface area contributed by atoms with Gasteiger partial charge in [0.2, 0.25) is 0 Å². The van der Waals surface area contributed by atoms with Crippen molar-refractivity contribution in [1.29, 1.82) is 0 Å². The second kappa shape index (κ2) is 5.64. The quantitative estimate of drug-likeness (QED) is 0.857. The van der Waals surface area contributed by atoms with Crippen LogP contribution in [0.1, 0.15) is 24.3 Å². The Hall–Kier alpha value is -1.61. The molecule has 1 atom stereocenters. The Balaban J connectivity index is 2.10. The zero-order valence-corrected chi connectivity index (χ0v) is 9.82. The third kappa shape index (κ3) is 3.17. The van der Waals surface area contributed by atoms with Crippen LogP contribution in [-0.2, 0) is 6.42 Å². The monoisotopic (exact) mass is 233 g/mol. The summed E-state index contributed by atoms with van der Waals surface area (Å²) in [4.78, 5) is 0. The van der Waals surface area contributed by atoms with Crippen LogP contribution in [0, 0.1) is 5.82 Å². The lowest BCUT2D eigenvalue weighted by Gasteiger charge is -2.15. The maximum Gasteiger partial charge on any atom is 0.123 e. The molecule has 1 heterocycles. The Kier molecular flexibility index (Phi) is 3.94. The van der Waals surface area contributed by atoms with Gasteiger partial charge in [0.25, 0.3) is 0 Å². The number of hydrogen-bond acceptors (Lipinski definition) is 2. The minimum Gasteiger partial charge on any atom is -0.468 e. The third-order valence-corrected chi connectivity index (χ3v) is 2.69. The van der Waals surface area contributed by atoms with Gasteiger partial charge < -0.3 is 9.73 Å². The van der Waals surface area contributed by atoms with Gasteiger partial charge in [-0.1, -0.05) is 19.1 Å². The van der Waals surface area contributed by atoms with Gasteiger partial charge in [-0.15, -0.1) is 0 Å². The highest BCUT2D eigenvalue weighted by atomic mass is 19.1. The van der Waals surface area contributed by atoms with Gasteiger partial charge in [0.05, 0.1) is 12.3 Å². The summed E-state index contributed by atoms with van der Waals surface area (Å²) >= 11 is 0. The topological polar surface area (TPSA) is 25.2 Å². The first-order chi connectivity index (χ1) is 8.29. The van der Waals surface area contributed by atoms with Crippen LogP contribution >= 0.6 is 0 Å². The zero-order chi connectivity index (χ0) is 12.1. The van der Waals surface area contributed by atoms with E-state index in [9.17, 15) is 4.39 Å². The summed E-state index contributed by atoms with van der Waals surface area (Å²) in [6.07, 6.45) is 2.46. The second-order valence-corrected chi connectivity index (χ2v) is 3.96. The molecule has 1 N–H and O–H groups in total. The minimum atomic E-state index is -0.202. The van der Waals surface area contributed by atoms with E-state index in [0.29, 0.717) is 0 Å². The van der Waals surface area contributed by atoms with Crippen molar-refractivity contribution in [3.8, 4) is 0 Å². The van der Waals surface area contributed by atoms with Gasteiger partial charge >= 0.3 is 0 Å². The number of likely N-dealkylation sites (N-methyl/N-ethyl adjacent to an activating group) is 1. The van der Waals surface area contributed by atoms with Crippen molar-refractivity contribution in [2.45, 2.75) is 19.4 Å². The Labute approximate surface area is 100 Å². The van der Waals surface area contributed by atoms with Crippen molar-refractivity contribution in [2.75, 3.05) is 6.54 Å². The largest absolute Gasteiger partial charge is 0.468 e. The standard InChI is InChI=1S/C14H16FNO/c1-2-16-13(14-4-3-9-17-14)10-11-5-7-12(15)8-6-11/h3-9,13,16H,2,10H2,1H3. The molecule has 0 fully saturated rings. The average molecular weight is 233 g/mol. The number of hydrogen-bond donors (Lipinski definition) is 1. The summed E-state index contributed by atoms with van der Waals surface area (Å²) in [7, 11) is 0. The van der Waals surface area contributed by atoms with Crippen molar-refractivity contribution < 1.29 is 8.81 Å². The molecular formula is C14H16FNO. The van der Waals surface area contributed by atoms with Gasteiger partial charge in [-0.3, -0.25) is 0 Å². The summed E-state index contributed by atoms with van der Waals surface area (Å²) in [6, 6.07) is 10.6. The van der Waals surface area contributed by atoms with Crippen molar-refractivity contribution in [1.82, 2.24) is 5.32 Å². The van der Waals surface area contributed by atoms with Crippen LogP contribution in [0.3, 0.4) is 0 Å². The Morgan fingerprint density at radius 2 is 2.00 bits per heavy atom. The van der Waals surface area contributed by atoms with Crippen molar-refractivity contribution in [3.05, 3.63) is 59.8 Å². The fourth-order valence-corrected chi connectivity index (χ4v) is 1.87. The van der Waals surface area contributed by atoms with E-state index < -0.39 is 0 Å². The van der Waals surface area contributed by atoms with Gasteiger partial charge in [0.15, 0.2) is 0 Å². The molecule has 2 rings (SSSR count). The molecule has 0 aliphatic rings. The lowest BCUT2D eigenvalue weighted by atomic mass is 10.0. The molecule has 3 heteroatoms. The molecule has 0 saturated carbocycles. The molecule has 2 aromatic rings. The molecule has 0 aliphatic carbocycles. The van der Waals surface area contributed by atoms with Crippen molar-refractivity contribution in [3.63, 3.8) is 0 Å². The predicted octanol–water partition coefficient (Wildman–Crippen LogP) is 3.31. The van der Waals surface area contributed by atoms with Crippen LogP contribution in [0.4, 0.5) is 4.39 Å². The van der Waals surface area contributed by atoms with Gasteiger partial charge in [-0.05, 0) is 42.8 Å². The number of rotatable bonds is 5. The lowest BCUT2D eigenvalue weighted by molar-refractivity contribution is 0.416. The second-order valence-electron chi connectivity index (χ2n) is 3.96. The molecule has 1 unspecified atom stereocenters. The predicted molar refractivity (Wildman–Crippen MR) is 65.2 cm³/mol. The van der Waals surface area contributed by atoms with Crippen LogP contribution in [0.5, 0.6) is 0 Å². The van der Waals surface area contributed by atoms with Crippen molar-refractivity contribution >= 4 is 0 Å². The number of halogens is 1. The summed E-state index contributed by atoms with van der Waals surface area (Å²) in [5, 5.41) is 3.36. The van der Waals surface area contributed by atoms with Crippen LogP contribution in [0.2, 0.25) is 0 Å². The van der Waals surface area contributed by atoms with Gasteiger partial charge in [-0.25, -0.2) is 4.39 Å². The summed E-state index contributed by atoms with van der Waals surface area (Å²) in [5.74, 6) is 0.711. The molecule has 1 aromatic heterocycles. The fraction of sp³-hybridized carbons (Fsp3) is 0.286. The molecule has 17 heavy (non-hydrogen) atoms. The van der Waals surface area contributed by atoms with Crippen LogP contribution < -0.4 is 5.32 Å². The molecule has 90 valence electrons. The zero-order valence-electron chi connectivity index (χ0n) is 9.82. The Morgan fingerprint density at radius 3 is 2.59 bits per heavy atom. The van der Waals surface area contributed by atoms with Crippen LogP contribution in [0.25, 0.3) is 0 Å². The molecule has 0 aliphatic heterocycles. The van der Waals surface area contributed by atoms with Gasteiger partial charge in [-0.2, -0.15) is 0 Å². The molecule has 0 saturated heterocycles. The van der Waals surface area contributed by atoms with E-state index in [1.165, 1.54) is 12.1 Å². The summed E-state index contributed by atoms with van der Waals surface area (Å²) in [5.41, 5.74) is 1.09. The van der Waals surface area contributed by atoms with Crippen LogP contribution in [-0.4, -0.2) is 6.54 Å². The van der Waals surface area contributed by atoms with Crippen molar-refractivity contribution in [2.24, 2.45) is 0 Å². The number of nitrogens with one attached hydrogen (secondary N) is 1. The van der Waals surface area contributed by atoms with E-state index in [1.54, 1.807) is 6.26 Å². The van der Waals surface area contributed by atoms with Crippen LogP contribution in [0.15, 0.2) is 47.1 Å². The van der Waals surface area contributed by atoms with Gasteiger partial charge in [0, 0.05) is 0 Å². The van der Waals surface area contributed by atoms with Gasteiger partial charge in [0.1, 0.15) is 11.6 Å². The maximum atomic E-state index is 12.8. The molecule has 1 aromatic carbocycles. The summed E-state index contributed by atoms with van der Waals surface area (Å²) < 4.78 is 18.2. The highest BCUT2D eigenvalue weighted by Crippen LogP contribution is 2.19. The number of furan rings is 1. The SMILES string of the molecule is CCNC(Cc1ccc(F)cc1)c1ccco1. The first-order valence-electron chi connectivity index (χ1n) is 5.81. The highest BCUT2D eigenvalue weighted by Gasteiger charge is 2.13. The molecular weight excluding hydrogens is 217 g/mol. The third-order valence-electron chi connectivity index (χ3n) is 2.69. The maximum absolute atomic E-state index is 12.8. The molecule has 0 radical (unpaired) electrons. The smallest absolute Gasteiger partial charge is 0.123 e. The number of benzene rings is 1. The molecule has 2 nitrogen and oxygen atoms in total. The first-order valence-corrected chi connectivity index (χ1v) is 5.81. The normalized spacial score (nSPS) is 12.6. The van der Waals surface area contributed by atoms with E-state index in [0.717, 1.165) is 24.3 Å². The lowest BCUT2D eigenvalue weighted by Crippen LogP contribution is -2.22. The molecule has 0 spiro atoms. The molecule has 0 amide bonds. The fourth-order valence-electron chi connectivity index (χ4n) is 1.87. The molecule has 0 bridgehead atoms. The van der Waals surface area contributed by atoms with E-state index >= 15 is 0 Å². The van der Waals surface area contributed by atoms with E-state index in [1.807, 2.05) is 24.3 Å². The first kappa shape index (κ1) is 11.9. The minimum absolute atomic E-state index is 0.139. The highest BCUT2D eigenvalue weighted by molar-refractivity contribution is 5.19. The summed E-state index contributed by atoms with van der Waals surface area (Å²) in [6.45, 7) is 2.92. The van der Waals surface area contributed by atoms with E-state index in [2.05, 4.69) is 12.2 Å². The van der Waals surface area contributed by atoms with E-state index in [4.69, 9.17) is 4.42 Å².